The van der Waals surface area contributed by atoms with Gasteiger partial charge in [-0.25, -0.2) is 0 Å². The lowest BCUT2D eigenvalue weighted by molar-refractivity contribution is -0.237. The standard InChI is InChI=1S/C18H26O11S/c1-9(19)25-8-13-15(26-10(2)20)16(27-11(3)21)17(28-12(4)22)18(29-13)30-7-5-6-14(23)24/h13,15-18H,5-8H2,1-4H3,(H,23,24)/t13-,15-,16+,17+,18-/m1/s1. The van der Waals surface area contributed by atoms with E-state index >= 15 is 0 Å². The summed E-state index contributed by atoms with van der Waals surface area (Å²) < 4.78 is 26.7. The predicted octanol–water partition coefficient (Wildman–Crippen LogP) is 0.668. The van der Waals surface area contributed by atoms with E-state index in [1.165, 1.54) is 6.92 Å². The Morgan fingerprint density at radius 1 is 0.833 bits per heavy atom. The first-order valence-electron chi connectivity index (χ1n) is 9.15. The Kier molecular flexibility index (Phi) is 10.6. The highest BCUT2D eigenvalue weighted by Gasteiger charge is 2.52. The molecule has 11 nitrogen and oxygen atoms in total. The lowest BCUT2D eigenvalue weighted by Crippen LogP contribution is -2.61. The highest BCUT2D eigenvalue weighted by molar-refractivity contribution is 7.99. The molecule has 170 valence electrons. The number of ether oxygens (including phenoxy) is 5. The van der Waals surface area contributed by atoms with Crippen molar-refractivity contribution >= 4 is 41.6 Å². The zero-order valence-corrected chi connectivity index (χ0v) is 18.0. The van der Waals surface area contributed by atoms with Crippen LogP contribution >= 0.6 is 11.8 Å². The highest BCUT2D eigenvalue weighted by atomic mass is 32.2. The first kappa shape index (κ1) is 25.7. The van der Waals surface area contributed by atoms with Crippen LogP contribution < -0.4 is 0 Å². The minimum absolute atomic E-state index is 0.0712. The molecule has 0 aliphatic carbocycles. The monoisotopic (exact) mass is 450 g/mol. The minimum atomic E-state index is -1.22. The van der Waals surface area contributed by atoms with Crippen LogP contribution in [0.3, 0.4) is 0 Å². The lowest BCUT2D eigenvalue weighted by Gasteiger charge is -2.44. The van der Waals surface area contributed by atoms with Crippen LogP contribution in [-0.4, -0.2) is 77.2 Å². The fourth-order valence-electron chi connectivity index (χ4n) is 2.75. The van der Waals surface area contributed by atoms with Crippen molar-refractivity contribution in [3.63, 3.8) is 0 Å². The molecule has 0 radical (unpaired) electrons. The van der Waals surface area contributed by atoms with Gasteiger partial charge >= 0.3 is 29.8 Å². The molecule has 0 unspecified atom stereocenters. The molecule has 1 rings (SSSR count). The van der Waals surface area contributed by atoms with Crippen LogP contribution in [0, 0.1) is 0 Å². The number of carboxylic acids is 1. The van der Waals surface area contributed by atoms with Gasteiger partial charge in [0.15, 0.2) is 18.3 Å². The molecule has 12 heteroatoms. The van der Waals surface area contributed by atoms with E-state index in [0.717, 1.165) is 32.5 Å². The van der Waals surface area contributed by atoms with E-state index in [1.807, 2.05) is 0 Å². The number of carbonyl (C=O) groups is 5. The molecule has 0 spiro atoms. The summed E-state index contributed by atoms with van der Waals surface area (Å²) >= 11 is 1.14. The van der Waals surface area contributed by atoms with Crippen LogP contribution in [-0.2, 0) is 47.7 Å². The van der Waals surface area contributed by atoms with E-state index in [4.69, 9.17) is 28.8 Å². The largest absolute Gasteiger partial charge is 0.481 e. The molecule has 1 aliphatic heterocycles. The topological polar surface area (TPSA) is 152 Å². The summed E-state index contributed by atoms with van der Waals surface area (Å²) in [6, 6.07) is 0. The number of aliphatic carboxylic acids is 1. The number of rotatable bonds is 10. The Bertz CT molecular complexity index is 650. The maximum Gasteiger partial charge on any atom is 0.303 e. The molecule has 1 saturated heterocycles. The van der Waals surface area contributed by atoms with Gasteiger partial charge < -0.3 is 28.8 Å². The summed E-state index contributed by atoms with van der Waals surface area (Å²) in [4.78, 5) is 56.9. The molecular weight excluding hydrogens is 424 g/mol. The molecule has 0 bridgehead atoms. The van der Waals surface area contributed by atoms with E-state index in [1.54, 1.807) is 0 Å². The minimum Gasteiger partial charge on any atom is -0.481 e. The Labute approximate surface area is 177 Å². The molecule has 1 aliphatic rings. The van der Waals surface area contributed by atoms with Crippen LogP contribution in [0.15, 0.2) is 0 Å². The Hall–Kier alpha value is -2.34. The molecule has 0 aromatic rings. The predicted molar refractivity (Wildman–Crippen MR) is 101 cm³/mol. The summed E-state index contributed by atoms with van der Waals surface area (Å²) in [6.07, 6.45) is -4.33. The van der Waals surface area contributed by atoms with Gasteiger partial charge in [-0.2, -0.15) is 0 Å². The normalized spacial score (nSPS) is 25.7. The van der Waals surface area contributed by atoms with Crippen LogP contribution in [0.1, 0.15) is 40.5 Å². The van der Waals surface area contributed by atoms with Crippen LogP contribution in [0.4, 0.5) is 0 Å². The summed E-state index contributed by atoms with van der Waals surface area (Å²) in [7, 11) is 0. The van der Waals surface area contributed by atoms with Crippen LogP contribution in [0.2, 0.25) is 0 Å². The number of carbonyl (C=O) groups excluding carboxylic acids is 4. The maximum atomic E-state index is 11.7. The third-order valence-corrected chi connectivity index (χ3v) is 5.00. The van der Waals surface area contributed by atoms with E-state index in [0.29, 0.717) is 12.2 Å². The van der Waals surface area contributed by atoms with Crippen molar-refractivity contribution in [1.82, 2.24) is 0 Å². The molecule has 0 amide bonds. The van der Waals surface area contributed by atoms with E-state index in [2.05, 4.69) is 0 Å². The van der Waals surface area contributed by atoms with Crippen molar-refractivity contribution in [2.45, 2.75) is 70.4 Å². The van der Waals surface area contributed by atoms with E-state index in [9.17, 15) is 24.0 Å². The van der Waals surface area contributed by atoms with Gasteiger partial charge in [0.25, 0.3) is 0 Å². The SMILES string of the molecule is CC(=O)OC[C@H]1O[C@H](SCCCC(=O)O)[C@@H](OC(C)=O)[C@@H](OC(C)=O)[C@@H]1OC(C)=O. The van der Waals surface area contributed by atoms with Crippen LogP contribution in [0.5, 0.6) is 0 Å². The van der Waals surface area contributed by atoms with Gasteiger partial charge in [-0.15, -0.1) is 11.8 Å². The van der Waals surface area contributed by atoms with E-state index < -0.39 is 59.7 Å². The summed E-state index contributed by atoms with van der Waals surface area (Å²) in [5.41, 5.74) is -0.889. The zero-order valence-electron chi connectivity index (χ0n) is 17.2. The Balaban J connectivity index is 3.17. The summed E-state index contributed by atoms with van der Waals surface area (Å²) in [5.74, 6) is -3.33. The molecule has 0 aromatic carbocycles. The Morgan fingerprint density at radius 2 is 1.37 bits per heavy atom. The van der Waals surface area contributed by atoms with Gasteiger partial charge in [0.05, 0.1) is 0 Å². The second kappa shape index (κ2) is 12.4. The van der Waals surface area contributed by atoms with Crippen molar-refractivity contribution in [3.8, 4) is 0 Å². The average molecular weight is 450 g/mol. The number of hydrogen-bond donors (Lipinski definition) is 1. The summed E-state index contributed by atoms with van der Waals surface area (Å²) in [5, 5.41) is 8.78. The fourth-order valence-corrected chi connectivity index (χ4v) is 3.91. The third-order valence-electron chi connectivity index (χ3n) is 3.77. The second-order valence-corrected chi connectivity index (χ2v) is 7.64. The quantitative estimate of drug-likeness (QED) is 0.283. The van der Waals surface area contributed by atoms with Gasteiger partial charge in [-0.3, -0.25) is 24.0 Å². The molecular formula is C18H26O11S. The molecule has 30 heavy (non-hydrogen) atoms. The zero-order chi connectivity index (χ0) is 22.8. The molecule has 1 heterocycles. The van der Waals surface area contributed by atoms with E-state index in [-0.39, 0.29) is 13.0 Å². The maximum absolute atomic E-state index is 11.7. The fraction of sp³-hybridized carbons (Fsp3) is 0.722. The Morgan fingerprint density at radius 3 is 1.87 bits per heavy atom. The molecule has 1 N–H and O–H groups in total. The van der Waals surface area contributed by atoms with Crippen molar-refractivity contribution in [2.24, 2.45) is 0 Å². The van der Waals surface area contributed by atoms with Crippen molar-refractivity contribution in [1.29, 1.82) is 0 Å². The number of carboxylic acid groups (broad SMARTS) is 1. The third kappa shape index (κ3) is 8.99. The molecule has 0 saturated carbocycles. The van der Waals surface area contributed by atoms with Gasteiger partial charge in [-0.05, 0) is 12.2 Å². The molecule has 1 fully saturated rings. The van der Waals surface area contributed by atoms with Gasteiger partial charge in [-0.1, -0.05) is 0 Å². The van der Waals surface area contributed by atoms with Crippen molar-refractivity contribution in [3.05, 3.63) is 0 Å². The molecule has 5 atom stereocenters. The van der Waals surface area contributed by atoms with Gasteiger partial charge in [0.1, 0.15) is 18.1 Å². The van der Waals surface area contributed by atoms with Crippen molar-refractivity contribution < 1.29 is 52.8 Å². The lowest BCUT2D eigenvalue weighted by atomic mass is 9.99. The molecule has 0 aromatic heterocycles. The van der Waals surface area contributed by atoms with Gasteiger partial charge in [0, 0.05) is 34.1 Å². The first-order valence-corrected chi connectivity index (χ1v) is 10.2. The number of hydrogen-bond acceptors (Lipinski definition) is 11. The second-order valence-electron chi connectivity index (χ2n) is 6.44. The number of esters is 4. The smallest absolute Gasteiger partial charge is 0.303 e. The van der Waals surface area contributed by atoms with Crippen molar-refractivity contribution in [2.75, 3.05) is 12.4 Å². The number of thioether (sulfide) groups is 1. The average Bonchev–Trinajstić information content (AvgIpc) is 2.60. The highest BCUT2D eigenvalue weighted by Crippen LogP contribution is 2.34. The van der Waals surface area contributed by atoms with Gasteiger partial charge in [0.2, 0.25) is 0 Å². The summed E-state index contributed by atoms with van der Waals surface area (Å²) in [6.45, 7) is 4.32. The van der Waals surface area contributed by atoms with Crippen LogP contribution in [0.25, 0.3) is 0 Å². The first-order chi connectivity index (χ1) is 14.0.